The van der Waals surface area contributed by atoms with E-state index >= 15 is 0 Å². The molecule has 220 valence electrons. The number of hydrogen-bond donors (Lipinski definition) is 2. The number of carbonyl (C=O) groups is 2. The number of rotatable bonds is 8. The number of aromatic amines is 1. The fourth-order valence-electron chi connectivity index (χ4n) is 7.02. The Hall–Kier alpha value is -3.32. The summed E-state index contributed by atoms with van der Waals surface area (Å²) >= 11 is 0. The third kappa shape index (κ3) is 6.78. The number of fused-ring (bicyclic) bond motifs is 3. The van der Waals surface area contributed by atoms with Gasteiger partial charge in [0.15, 0.2) is 0 Å². The van der Waals surface area contributed by atoms with E-state index in [4.69, 9.17) is 4.74 Å². The van der Waals surface area contributed by atoms with Crippen molar-refractivity contribution in [3.8, 4) is 0 Å². The second-order valence-corrected chi connectivity index (χ2v) is 12.3. The van der Waals surface area contributed by atoms with Gasteiger partial charge in [0.25, 0.3) is 0 Å². The number of amides is 2. The summed E-state index contributed by atoms with van der Waals surface area (Å²) in [5, 5.41) is 14.6. The Morgan fingerprint density at radius 3 is 2.51 bits per heavy atom. The van der Waals surface area contributed by atoms with Gasteiger partial charge in [-0.3, -0.25) is 4.79 Å². The number of aliphatic hydroxyl groups is 1. The fourth-order valence-corrected chi connectivity index (χ4v) is 7.02. The van der Waals surface area contributed by atoms with Crippen molar-refractivity contribution in [2.75, 3.05) is 6.61 Å². The summed E-state index contributed by atoms with van der Waals surface area (Å²) in [6, 6.07) is 17.2. The molecule has 2 aliphatic carbocycles. The van der Waals surface area contributed by atoms with Crippen molar-refractivity contribution in [2.24, 2.45) is 11.8 Å². The summed E-state index contributed by atoms with van der Waals surface area (Å²) in [7, 11) is 0. The molecule has 5 rings (SSSR count). The molecule has 0 saturated heterocycles. The SMILES string of the molecule is CC(=O)N(C(CO)Cc1ccccc1)N(C(=O)OC1CCC2CCCC1C2)C(C)(C)Cc1c[nH]c2ccccc12.[CH2]. The largest absolute Gasteiger partial charge is 0.445 e. The van der Waals surface area contributed by atoms with Gasteiger partial charge in [0.1, 0.15) is 6.10 Å². The molecule has 2 amide bonds. The first-order valence-electron chi connectivity index (χ1n) is 14.8. The fraction of sp³-hybridized carbons (Fsp3) is 0.500. The van der Waals surface area contributed by atoms with Crippen molar-refractivity contribution in [3.63, 3.8) is 0 Å². The molecule has 0 aliphatic heterocycles. The summed E-state index contributed by atoms with van der Waals surface area (Å²) < 4.78 is 6.31. The minimum atomic E-state index is -0.832. The first kappa shape index (κ1) is 30.6. The molecule has 2 bridgehead atoms. The van der Waals surface area contributed by atoms with Crippen LogP contribution in [0.5, 0.6) is 0 Å². The van der Waals surface area contributed by atoms with Crippen LogP contribution in [-0.4, -0.2) is 56.4 Å². The molecular formula is C34H45N3O4. The number of ether oxygens (including phenoxy) is 1. The maximum atomic E-state index is 14.3. The van der Waals surface area contributed by atoms with Crippen LogP contribution in [0.25, 0.3) is 10.9 Å². The Morgan fingerprint density at radius 1 is 1.05 bits per heavy atom. The highest BCUT2D eigenvalue weighted by atomic mass is 16.6. The van der Waals surface area contributed by atoms with E-state index in [9.17, 15) is 14.7 Å². The highest BCUT2D eigenvalue weighted by Crippen LogP contribution is 2.42. The molecule has 2 radical (unpaired) electrons. The lowest BCUT2D eigenvalue weighted by atomic mass is 9.71. The van der Waals surface area contributed by atoms with E-state index < -0.39 is 17.7 Å². The molecule has 7 nitrogen and oxygen atoms in total. The van der Waals surface area contributed by atoms with E-state index in [1.807, 2.05) is 68.6 Å². The van der Waals surface area contributed by atoms with Crippen LogP contribution >= 0.6 is 0 Å². The number of benzene rings is 2. The normalized spacial score (nSPS) is 21.0. The summed E-state index contributed by atoms with van der Waals surface area (Å²) in [6.45, 7) is 5.12. The number of hydrogen-bond acceptors (Lipinski definition) is 4. The monoisotopic (exact) mass is 559 g/mol. The third-order valence-corrected chi connectivity index (χ3v) is 8.91. The molecule has 4 unspecified atom stereocenters. The summed E-state index contributed by atoms with van der Waals surface area (Å²) in [5.74, 6) is 0.806. The molecule has 2 saturated carbocycles. The van der Waals surface area contributed by atoms with Crippen molar-refractivity contribution in [1.29, 1.82) is 0 Å². The Morgan fingerprint density at radius 2 is 1.78 bits per heavy atom. The lowest BCUT2D eigenvalue weighted by Gasteiger charge is -2.48. The van der Waals surface area contributed by atoms with Crippen LogP contribution < -0.4 is 0 Å². The molecule has 7 heteroatoms. The van der Waals surface area contributed by atoms with E-state index in [0.717, 1.165) is 53.6 Å². The van der Waals surface area contributed by atoms with Crippen molar-refractivity contribution < 1.29 is 19.4 Å². The minimum Gasteiger partial charge on any atom is -0.445 e. The van der Waals surface area contributed by atoms with Gasteiger partial charge in [-0.25, -0.2) is 14.8 Å². The number of nitrogens with one attached hydrogen (secondary N) is 1. The van der Waals surface area contributed by atoms with Crippen LogP contribution in [0.15, 0.2) is 60.8 Å². The predicted octanol–water partition coefficient (Wildman–Crippen LogP) is 6.59. The van der Waals surface area contributed by atoms with Gasteiger partial charge in [-0.1, -0.05) is 68.8 Å². The molecule has 2 fully saturated rings. The zero-order chi connectivity index (χ0) is 28.3. The topological polar surface area (TPSA) is 85.9 Å². The zero-order valence-corrected chi connectivity index (χ0v) is 24.7. The lowest BCUT2D eigenvalue weighted by molar-refractivity contribution is -0.166. The van der Waals surface area contributed by atoms with E-state index in [-0.39, 0.29) is 26.0 Å². The van der Waals surface area contributed by atoms with Crippen molar-refractivity contribution in [3.05, 3.63) is 79.3 Å². The van der Waals surface area contributed by atoms with Gasteiger partial charge in [-0.2, -0.15) is 0 Å². The van der Waals surface area contributed by atoms with Gasteiger partial charge in [-0.15, -0.1) is 0 Å². The predicted molar refractivity (Wildman–Crippen MR) is 162 cm³/mol. The van der Waals surface area contributed by atoms with E-state index in [1.165, 1.54) is 29.8 Å². The second-order valence-electron chi connectivity index (χ2n) is 12.3. The third-order valence-electron chi connectivity index (χ3n) is 8.91. The molecule has 2 N–H and O–H groups in total. The highest BCUT2D eigenvalue weighted by molar-refractivity contribution is 5.83. The summed E-state index contributed by atoms with van der Waals surface area (Å²) in [5.41, 5.74) is 2.23. The number of H-pyrrole nitrogens is 1. The molecular weight excluding hydrogens is 514 g/mol. The smallest absolute Gasteiger partial charge is 0.429 e. The molecule has 0 spiro atoms. The van der Waals surface area contributed by atoms with Crippen molar-refractivity contribution in [1.82, 2.24) is 15.0 Å². The highest BCUT2D eigenvalue weighted by Gasteiger charge is 2.44. The molecule has 41 heavy (non-hydrogen) atoms. The van der Waals surface area contributed by atoms with Crippen LogP contribution in [0.4, 0.5) is 4.79 Å². The number of nitrogens with zero attached hydrogens (tertiary/aromatic N) is 2. The van der Waals surface area contributed by atoms with Crippen LogP contribution in [-0.2, 0) is 22.4 Å². The Labute approximate surface area is 244 Å². The quantitative estimate of drug-likeness (QED) is 0.305. The van der Waals surface area contributed by atoms with Crippen LogP contribution in [0.1, 0.15) is 70.4 Å². The van der Waals surface area contributed by atoms with Crippen LogP contribution in [0, 0.1) is 19.3 Å². The molecule has 2 aliphatic rings. The van der Waals surface area contributed by atoms with Crippen LogP contribution in [0.2, 0.25) is 0 Å². The average molecular weight is 560 g/mol. The molecule has 1 aromatic heterocycles. The van der Waals surface area contributed by atoms with E-state index in [0.29, 0.717) is 18.8 Å². The number of para-hydroxylation sites is 1. The van der Waals surface area contributed by atoms with E-state index in [1.54, 1.807) is 0 Å². The first-order valence-corrected chi connectivity index (χ1v) is 14.8. The Kier molecular flexibility index (Phi) is 9.80. The van der Waals surface area contributed by atoms with Crippen molar-refractivity contribution in [2.45, 2.75) is 89.8 Å². The number of carbonyl (C=O) groups excluding carboxylic acids is 2. The minimum absolute atomic E-state index is 0. The zero-order valence-electron chi connectivity index (χ0n) is 24.7. The van der Waals surface area contributed by atoms with Gasteiger partial charge in [0, 0.05) is 24.0 Å². The number of aliphatic hydroxyl groups excluding tert-OH is 1. The number of aromatic nitrogens is 1. The van der Waals surface area contributed by atoms with Crippen LogP contribution in [0.3, 0.4) is 0 Å². The van der Waals surface area contributed by atoms with E-state index in [2.05, 4.69) is 11.1 Å². The van der Waals surface area contributed by atoms with Gasteiger partial charge < -0.3 is 14.8 Å². The van der Waals surface area contributed by atoms with Gasteiger partial charge in [-0.05, 0) is 81.4 Å². The standard InChI is InChI=1S/C33H43N3O4.CH2/c1-23(38)35(28(22-37)19-24-10-5-4-6-11-24)36(32(39)40-31-17-16-25-12-9-13-26(31)18-25)33(2,3)20-27-21-34-30-15-8-7-14-29(27)30;/h4-8,10-11,14-15,21,25-26,28,31,34,37H,9,12-13,16-20,22H2,1-3H3;1H2. The average Bonchev–Trinajstić information content (AvgIpc) is 3.34. The maximum absolute atomic E-state index is 14.3. The maximum Gasteiger partial charge on any atom is 0.429 e. The molecule has 3 aromatic rings. The summed E-state index contributed by atoms with van der Waals surface area (Å²) in [4.78, 5) is 30.9. The Bertz CT molecular complexity index is 1300. The first-order chi connectivity index (χ1) is 19.3. The number of hydrazine groups is 1. The van der Waals surface area contributed by atoms with Gasteiger partial charge in [0.05, 0.1) is 18.2 Å². The lowest BCUT2D eigenvalue weighted by Crippen LogP contribution is -2.64. The molecule has 2 aromatic carbocycles. The van der Waals surface area contributed by atoms with Crippen molar-refractivity contribution >= 4 is 22.9 Å². The van der Waals surface area contributed by atoms with Gasteiger partial charge in [0.2, 0.25) is 5.91 Å². The second kappa shape index (κ2) is 13.1. The molecule has 1 heterocycles. The summed E-state index contributed by atoms with van der Waals surface area (Å²) in [6.07, 6.45) is 8.82. The Balaban J connectivity index is 0.00000387. The van der Waals surface area contributed by atoms with Gasteiger partial charge >= 0.3 is 6.09 Å². The molecule has 4 atom stereocenters.